The van der Waals surface area contributed by atoms with Crippen molar-refractivity contribution in [3.8, 4) is 0 Å². The summed E-state index contributed by atoms with van der Waals surface area (Å²) in [7, 11) is 0. The zero-order valence-corrected chi connectivity index (χ0v) is 11.9. The highest BCUT2D eigenvalue weighted by Crippen LogP contribution is 2.08. The molecule has 0 aliphatic carbocycles. The standard InChI is InChI=1S/C12H22N4O4/c1-4-6(2)10(11(14)19)16-12(20)8(5-9(13)18)15-7(3)17/h6,8,10H,4-5H2,1-3H3,(H2,13,18)(H2,14,19)(H,15,17)(H,16,20). The Labute approximate surface area is 117 Å². The molecule has 3 unspecified atom stereocenters. The van der Waals surface area contributed by atoms with Crippen LogP contribution in [0.15, 0.2) is 0 Å². The number of carbonyl (C=O) groups is 4. The van der Waals surface area contributed by atoms with Crippen LogP contribution in [0.25, 0.3) is 0 Å². The van der Waals surface area contributed by atoms with Gasteiger partial charge in [0, 0.05) is 6.92 Å². The fraction of sp³-hybridized carbons (Fsp3) is 0.667. The van der Waals surface area contributed by atoms with Crippen molar-refractivity contribution in [1.82, 2.24) is 10.6 Å². The molecule has 8 nitrogen and oxygen atoms in total. The lowest BCUT2D eigenvalue weighted by Crippen LogP contribution is -2.55. The van der Waals surface area contributed by atoms with Crippen molar-refractivity contribution in [3.05, 3.63) is 0 Å². The normalized spacial score (nSPS) is 14.8. The maximum atomic E-state index is 12.0. The maximum Gasteiger partial charge on any atom is 0.243 e. The Kier molecular flexibility index (Phi) is 7.27. The Morgan fingerprint density at radius 2 is 1.65 bits per heavy atom. The highest BCUT2D eigenvalue weighted by Gasteiger charge is 2.28. The molecule has 0 radical (unpaired) electrons. The number of amides is 4. The van der Waals surface area contributed by atoms with Crippen molar-refractivity contribution < 1.29 is 19.2 Å². The molecule has 8 heteroatoms. The Morgan fingerprint density at radius 1 is 1.10 bits per heavy atom. The number of primary amides is 2. The second kappa shape index (κ2) is 8.13. The van der Waals surface area contributed by atoms with Crippen LogP contribution in [0.5, 0.6) is 0 Å². The Bertz CT molecular complexity index is 381. The number of hydrogen-bond acceptors (Lipinski definition) is 4. The summed E-state index contributed by atoms with van der Waals surface area (Å²) in [5, 5.41) is 4.75. The van der Waals surface area contributed by atoms with E-state index in [0.29, 0.717) is 6.42 Å². The minimum Gasteiger partial charge on any atom is -0.370 e. The molecule has 0 aromatic heterocycles. The van der Waals surface area contributed by atoms with Crippen LogP contribution in [0.4, 0.5) is 0 Å². The van der Waals surface area contributed by atoms with Crippen LogP contribution in [0, 0.1) is 5.92 Å². The highest BCUT2D eigenvalue weighted by molar-refractivity contribution is 5.94. The summed E-state index contributed by atoms with van der Waals surface area (Å²) < 4.78 is 0. The quantitative estimate of drug-likeness (QED) is 0.425. The summed E-state index contributed by atoms with van der Waals surface area (Å²) in [5.74, 6) is -2.72. The highest BCUT2D eigenvalue weighted by atomic mass is 16.2. The van der Waals surface area contributed by atoms with Gasteiger partial charge in [-0.1, -0.05) is 20.3 Å². The van der Waals surface area contributed by atoms with Crippen molar-refractivity contribution in [2.24, 2.45) is 17.4 Å². The number of hydrogen-bond donors (Lipinski definition) is 4. The topological polar surface area (TPSA) is 144 Å². The average molecular weight is 286 g/mol. The fourth-order valence-corrected chi connectivity index (χ4v) is 1.64. The minimum atomic E-state index is -1.11. The summed E-state index contributed by atoms with van der Waals surface area (Å²) in [6.45, 7) is 4.82. The van der Waals surface area contributed by atoms with Crippen molar-refractivity contribution in [3.63, 3.8) is 0 Å². The molecule has 0 spiro atoms. The van der Waals surface area contributed by atoms with E-state index in [9.17, 15) is 19.2 Å². The Balaban J connectivity index is 4.91. The lowest BCUT2D eigenvalue weighted by atomic mass is 9.98. The molecule has 0 rings (SSSR count). The smallest absolute Gasteiger partial charge is 0.243 e. The van der Waals surface area contributed by atoms with E-state index in [2.05, 4.69) is 10.6 Å². The molecular formula is C12H22N4O4. The number of rotatable bonds is 8. The molecule has 0 aliphatic rings. The monoisotopic (exact) mass is 286 g/mol. The minimum absolute atomic E-state index is 0.164. The molecular weight excluding hydrogens is 264 g/mol. The van der Waals surface area contributed by atoms with Crippen LogP contribution in [0.2, 0.25) is 0 Å². The summed E-state index contributed by atoms with van der Waals surface area (Å²) in [6, 6.07) is -1.98. The average Bonchev–Trinajstić information content (AvgIpc) is 2.32. The van der Waals surface area contributed by atoms with Crippen LogP contribution < -0.4 is 22.1 Å². The molecule has 0 saturated carbocycles. The predicted octanol–water partition coefficient (Wildman–Crippen LogP) is -1.62. The molecule has 0 aliphatic heterocycles. The molecule has 3 atom stereocenters. The van der Waals surface area contributed by atoms with Gasteiger partial charge in [-0.05, 0) is 5.92 Å². The van der Waals surface area contributed by atoms with E-state index in [0.717, 1.165) is 0 Å². The van der Waals surface area contributed by atoms with Gasteiger partial charge in [0.2, 0.25) is 23.6 Å². The van der Waals surface area contributed by atoms with Gasteiger partial charge in [0.1, 0.15) is 12.1 Å². The molecule has 0 aromatic carbocycles. The van der Waals surface area contributed by atoms with Gasteiger partial charge in [0.25, 0.3) is 0 Å². The van der Waals surface area contributed by atoms with Gasteiger partial charge >= 0.3 is 0 Å². The number of carbonyl (C=O) groups excluding carboxylic acids is 4. The molecule has 0 aromatic rings. The maximum absolute atomic E-state index is 12.0. The Morgan fingerprint density at radius 3 is 2.00 bits per heavy atom. The zero-order valence-electron chi connectivity index (χ0n) is 11.9. The van der Waals surface area contributed by atoms with E-state index < -0.39 is 35.7 Å². The van der Waals surface area contributed by atoms with Crippen LogP contribution in [0.3, 0.4) is 0 Å². The van der Waals surface area contributed by atoms with Crippen molar-refractivity contribution in [2.45, 2.75) is 45.7 Å². The molecule has 6 N–H and O–H groups in total. The Hall–Kier alpha value is -2.12. The third-order valence-corrected chi connectivity index (χ3v) is 2.92. The van der Waals surface area contributed by atoms with Gasteiger partial charge in [0.05, 0.1) is 6.42 Å². The molecule has 0 heterocycles. The summed E-state index contributed by atoms with van der Waals surface area (Å²) in [6.07, 6.45) is 0.284. The number of nitrogens with two attached hydrogens (primary N) is 2. The first-order valence-electron chi connectivity index (χ1n) is 6.34. The van der Waals surface area contributed by atoms with Crippen molar-refractivity contribution in [2.75, 3.05) is 0 Å². The lowest BCUT2D eigenvalue weighted by molar-refractivity contribution is -0.133. The second-order valence-electron chi connectivity index (χ2n) is 4.70. The first kappa shape index (κ1) is 17.9. The van der Waals surface area contributed by atoms with Gasteiger partial charge < -0.3 is 22.1 Å². The molecule has 4 amide bonds. The van der Waals surface area contributed by atoms with Crippen LogP contribution in [-0.2, 0) is 19.2 Å². The van der Waals surface area contributed by atoms with E-state index in [4.69, 9.17) is 11.5 Å². The van der Waals surface area contributed by atoms with Gasteiger partial charge in [0.15, 0.2) is 0 Å². The van der Waals surface area contributed by atoms with Gasteiger partial charge in [-0.2, -0.15) is 0 Å². The van der Waals surface area contributed by atoms with E-state index in [1.807, 2.05) is 6.92 Å². The third kappa shape index (κ3) is 6.17. The summed E-state index contributed by atoms with van der Waals surface area (Å²) in [4.78, 5) is 45.3. The van der Waals surface area contributed by atoms with E-state index in [1.54, 1.807) is 6.92 Å². The van der Waals surface area contributed by atoms with Gasteiger partial charge in [-0.3, -0.25) is 19.2 Å². The first-order valence-corrected chi connectivity index (χ1v) is 6.34. The van der Waals surface area contributed by atoms with Gasteiger partial charge in [-0.25, -0.2) is 0 Å². The van der Waals surface area contributed by atoms with Crippen LogP contribution >= 0.6 is 0 Å². The van der Waals surface area contributed by atoms with E-state index in [-0.39, 0.29) is 12.3 Å². The van der Waals surface area contributed by atoms with Crippen molar-refractivity contribution in [1.29, 1.82) is 0 Å². The van der Waals surface area contributed by atoms with Gasteiger partial charge in [-0.15, -0.1) is 0 Å². The SMILES string of the molecule is CCC(C)C(NC(=O)C(CC(N)=O)NC(C)=O)C(N)=O. The molecule has 0 bridgehead atoms. The van der Waals surface area contributed by atoms with Crippen LogP contribution in [0.1, 0.15) is 33.6 Å². The molecule has 0 saturated heterocycles. The summed E-state index contributed by atoms with van der Waals surface area (Å²) in [5.41, 5.74) is 10.3. The molecule has 20 heavy (non-hydrogen) atoms. The number of nitrogens with one attached hydrogen (secondary N) is 2. The summed E-state index contributed by atoms with van der Waals surface area (Å²) >= 11 is 0. The van der Waals surface area contributed by atoms with E-state index in [1.165, 1.54) is 6.92 Å². The molecule has 0 fully saturated rings. The fourth-order valence-electron chi connectivity index (χ4n) is 1.64. The molecule has 114 valence electrons. The zero-order chi connectivity index (χ0) is 15.9. The van der Waals surface area contributed by atoms with Crippen molar-refractivity contribution >= 4 is 23.6 Å². The predicted molar refractivity (Wildman–Crippen MR) is 72.0 cm³/mol. The lowest BCUT2D eigenvalue weighted by Gasteiger charge is -2.24. The third-order valence-electron chi connectivity index (χ3n) is 2.92. The van der Waals surface area contributed by atoms with E-state index >= 15 is 0 Å². The first-order chi connectivity index (χ1) is 9.18. The second-order valence-corrected chi connectivity index (χ2v) is 4.70. The van der Waals surface area contributed by atoms with Crippen LogP contribution in [-0.4, -0.2) is 35.7 Å². The largest absolute Gasteiger partial charge is 0.370 e.